The Hall–Kier alpha value is -1.89. The first-order valence-electron chi connectivity index (χ1n) is 8.95. The summed E-state index contributed by atoms with van der Waals surface area (Å²) in [7, 11) is 2.26. The number of para-hydroxylation sites is 1. The molecule has 134 valence electrons. The first kappa shape index (κ1) is 17.9. The Kier molecular flexibility index (Phi) is 6.07. The maximum Gasteiger partial charge on any atom is 0.319 e. The van der Waals surface area contributed by atoms with Crippen molar-refractivity contribution in [3.63, 3.8) is 0 Å². The monoisotopic (exact) mass is 360 g/mol. The quantitative estimate of drug-likeness (QED) is 0.614. The highest BCUT2D eigenvalue weighted by atomic mass is 32.1. The lowest BCUT2D eigenvalue weighted by Crippen LogP contribution is -3.27. The average Bonchev–Trinajstić information content (AvgIpc) is 3.11. The highest BCUT2D eigenvalue weighted by molar-refractivity contribution is 7.10. The second-order valence-corrected chi connectivity index (χ2v) is 7.84. The fourth-order valence-corrected chi connectivity index (χ4v) is 4.55. The predicted molar refractivity (Wildman–Crippen MR) is 102 cm³/mol. The molecule has 1 aromatic carbocycles. The van der Waals surface area contributed by atoms with Crippen LogP contribution in [0.1, 0.15) is 17.8 Å². The zero-order chi connectivity index (χ0) is 17.6. The summed E-state index contributed by atoms with van der Waals surface area (Å²) >= 11 is 1.79. The number of piperazine rings is 1. The van der Waals surface area contributed by atoms with Crippen LogP contribution < -0.4 is 20.4 Å². The Morgan fingerprint density at radius 3 is 2.44 bits per heavy atom. The van der Waals surface area contributed by atoms with Gasteiger partial charge < -0.3 is 20.4 Å². The largest absolute Gasteiger partial charge is 0.329 e. The van der Waals surface area contributed by atoms with Crippen molar-refractivity contribution in [3.8, 4) is 0 Å². The molecule has 0 bridgehead atoms. The highest BCUT2D eigenvalue weighted by Gasteiger charge is 2.34. The summed E-state index contributed by atoms with van der Waals surface area (Å²) in [6, 6.07) is 14.1. The molecule has 6 heteroatoms. The number of likely N-dealkylation sites (N-methyl/N-ethyl adjacent to an activating group) is 1. The smallest absolute Gasteiger partial charge is 0.319 e. The van der Waals surface area contributed by atoms with Crippen molar-refractivity contribution in [2.45, 2.75) is 19.0 Å². The minimum Gasteiger partial charge on any atom is -0.329 e. The number of benzene rings is 1. The Balaban J connectivity index is 1.66. The molecule has 4 N–H and O–H groups in total. The molecular formula is C19H28N4OS+2. The second kappa shape index (κ2) is 8.47. The molecule has 2 amide bonds. The van der Waals surface area contributed by atoms with E-state index in [4.69, 9.17) is 0 Å². The number of rotatable bonds is 5. The van der Waals surface area contributed by atoms with Gasteiger partial charge in [0, 0.05) is 5.69 Å². The molecule has 3 rings (SSSR count). The molecule has 2 heterocycles. The number of carbonyl (C=O) groups is 1. The van der Waals surface area contributed by atoms with E-state index in [9.17, 15) is 4.79 Å². The molecule has 0 unspecified atom stereocenters. The minimum atomic E-state index is -0.139. The lowest BCUT2D eigenvalue weighted by atomic mass is 10.1. The highest BCUT2D eigenvalue weighted by Crippen LogP contribution is 2.20. The van der Waals surface area contributed by atoms with Gasteiger partial charge in [-0.1, -0.05) is 24.3 Å². The van der Waals surface area contributed by atoms with E-state index in [0.29, 0.717) is 6.04 Å². The summed E-state index contributed by atoms with van der Waals surface area (Å²) in [5.41, 5.74) is 0.815. The minimum absolute atomic E-state index is 0.0655. The standard InChI is InChI=1S/C19H26N4OS/c1-15(20-19(24)21-16-7-4-3-5-8-16)18(17-9-6-14-25-17)23-12-10-22(2)11-13-23/h3-9,14-15,18H,10-13H2,1-2H3,(H2,20,21,24)/p+2/t15-,18-/m0/s1. The van der Waals surface area contributed by atoms with Crippen LogP contribution in [0.2, 0.25) is 0 Å². The van der Waals surface area contributed by atoms with Crippen molar-refractivity contribution in [3.05, 3.63) is 52.7 Å². The lowest BCUT2D eigenvalue weighted by molar-refractivity contribution is -1.02. The van der Waals surface area contributed by atoms with E-state index in [1.54, 1.807) is 21.1 Å². The molecule has 1 aliphatic heterocycles. The van der Waals surface area contributed by atoms with Gasteiger partial charge in [0.1, 0.15) is 32.2 Å². The Labute approximate surface area is 153 Å². The zero-order valence-corrected chi connectivity index (χ0v) is 15.7. The molecule has 0 spiro atoms. The van der Waals surface area contributed by atoms with Crippen LogP contribution >= 0.6 is 11.3 Å². The van der Waals surface area contributed by atoms with E-state index in [2.05, 4.69) is 42.1 Å². The molecule has 1 aromatic heterocycles. The number of nitrogens with one attached hydrogen (secondary N) is 4. The van der Waals surface area contributed by atoms with Crippen LogP contribution in [-0.4, -0.2) is 45.3 Å². The molecule has 5 nitrogen and oxygen atoms in total. The third-order valence-electron chi connectivity index (χ3n) is 4.93. The number of anilines is 1. The van der Waals surface area contributed by atoms with E-state index in [0.717, 1.165) is 18.8 Å². The van der Waals surface area contributed by atoms with Gasteiger partial charge in [0.25, 0.3) is 0 Å². The van der Waals surface area contributed by atoms with Crippen molar-refractivity contribution in [2.24, 2.45) is 0 Å². The van der Waals surface area contributed by atoms with Crippen molar-refractivity contribution in [1.82, 2.24) is 5.32 Å². The van der Waals surface area contributed by atoms with Gasteiger partial charge in [-0.2, -0.15) is 0 Å². The third kappa shape index (κ3) is 4.81. The fourth-order valence-electron chi connectivity index (χ4n) is 3.56. The SMILES string of the molecule is C[C@H](NC(=O)Nc1ccccc1)[C@@H](c1cccs1)[NH+]1CC[NH+](C)CC1. The van der Waals surface area contributed by atoms with Crippen molar-refractivity contribution in [2.75, 3.05) is 38.5 Å². The number of urea groups is 1. The van der Waals surface area contributed by atoms with Gasteiger partial charge in [0.05, 0.1) is 18.0 Å². The second-order valence-electron chi connectivity index (χ2n) is 6.86. The van der Waals surface area contributed by atoms with Crippen LogP contribution in [0, 0.1) is 0 Å². The van der Waals surface area contributed by atoms with Crippen LogP contribution in [0.25, 0.3) is 0 Å². The average molecular weight is 361 g/mol. The van der Waals surface area contributed by atoms with Crippen molar-refractivity contribution < 1.29 is 14.6 Å². The van der Waals surface area contributed by atoms with E-state index in [-0.39, 0.29) is 12.1 Å². The lowest BCUT2D eigenvalue weighted by Gasteiger charge is -2.35. The number of carbonyl (C=O) groups excluding carboxylic acids is 1. The molecule has 2 aromatic rings. The van der Waals surface area contributed by atoms with Gasteiger partial charge in [0.2, 0.25) is 0 Å². The molecule has 0 aliphatic carbocycles. The van der Waals surface area contributed by atoms with Gasteiger partial charge in [-0.15, -0.1) is 11.3 Å². The molecule has 0 saturated carbocycles. The van der Waals surface area contributed by atoms with Crippen LogP contribution in [-0.2, 0) is 0 Å². The first-order valence-corrected chi connectivity index (χ1v) is 9.83. The summed E-state index contributed by atoms with van der Waals surface area (Å²) in [6.07, 6.45) is 0. The van der Waals surface area contributed by atoms with E-state index < -0.39 is 0 Å². The number of thiophene rings is 1. The van der Waals surface area contributed by atoms with E-state index in [1.807, 2.05) is 30.3 Å². The van der Waals surface area contributed by atoms with Gasteiger partial charge >= 0.3 is 6.03 Å². The first-order chi connectivity index (χ1) is 12.1. The van der Waals surface area contributed by atoms with Gasteiger partial charge in [-0.25, -0.2) is 4.79 Å². The van der Waals surface area contributed by atoms with Gasteiger partial charge in [-0.3, -0.25) is 0 Å². The molecule has 0 radical (unpaired) electrons. The molecule has 1 saturated heterocycles. The maximum atomic E-state index is 12.4. The maximum absolute atomic E-state index is 12.4. The molecule has 1 aliphatic rings. The Morgan fingerprint density at radius 2 is 1.80 bits per heavy atom. The molecule has 25 heavy (non-hydrogen) atoms. The number of hydrogen-bond acceptors (Lipinski definition) is 2. The topological polar surface area (TPSA) is 50.0 Å². The predicted octanol–water partition coefficient (Wildman–Crippen LogP) is 0.413. The van der Waals surface area contributed by atoms with Crippen LogP contribution in [0.3, 0.4) is 0 Å². The summed E-state index contributed by atoms with van der Waals surface area (Å²) < 4.78 is 0. The van der Waals surface area contributed by atoms with E-state index >= 15 is 0 Å². The van der Waals surface area contributed by atoms with Crippen LogP contribution in [0.15, 0.2) is 47.8 Å². The Bertz CT molecular complexity index is 653. The molecule has 2 atom stereocenters. The Morgan fingerprint density at radius 1 is 1.08 bits per heavy atom. The fraction of sp³-hybridized carbons (Fsp3) is 0.421. The van der Waals surface area contributed by atoms with Crippen LogP contribution in [0.4, 0.5) is 10.5 Å². The normalized spacial score (nSPS) is 22.8. The van der Waals surface area contributed by atoms with Crippen molar-refractivity contribution in [1.29, 1.82) is 0 Å². The summed E-state index contributed by atoms with van der Waals surface area (Å²) in [5, 5.41) is 8.20. The number of quaternary nitrogens is 2. The summed E-state index contributed by atoms with van der Waals surface area (Å²) in [6.45, 7) is 6.76. The molecule has 1 fully saturated rings. The number of hydrogen-bond donors (Lipinski definition) is 4. The van der Waals surface area contributed by atoms with Gasteiger partial charge in [-0.05, 0) is 30.5 Å². The number of amides is 2. The van der Waals surface area contributed by atoms with Crippen LogP contribution in [0.5, 0.6) is 0 Å². The van der Waals surface area contributed by atoms with Crippen molar-refractivity contribution >= 4 is 23.1 Å². The van der Waals surface area contributed by atoms with Gasteiger partial charge in [0.15, 0.2) is 0 Å². The summed E-state index contributed by atoms with van der Waals surface area (Å²) in [5.74, 6) is 0. The summed E-state index contributed by atoms with van der Waals surface area (Å²) in [4.78, 5) is 16.9. The third-order valence-corrected chi connectivity index (χ3v) is 5.88. The van der Waals surface area contributed by atoms with E-state index in [1.165, 1.54) is 18.0 Å². The zero-order valence-electron chi connectivity index (χ0n) is 14.9. The molecular weight excluding hydrogens is 332 g/mol.